The maximum atomic E-state index is 14.2. The third kappa shape index (κ3) is 1.94. The number of rotatable bonds is 2. The summed E-state index contributed by atoms with van der Waals surface area (Å²) >= 11 is 0. The lowest BCUT2D eigenvalue weighted by Crippen LogP contribution is -2.30. The molecule has 7 nitrogen and oxygen atoms in total. The predicted octanol–water partition coefficient (Wildman–Crippen LogP) is -0.417. The van der Waals surface area contributed by atoms with Crippen molar-refractivity contribution in [3.8, 4) is 12.3 Å². The van der Waals surface area contributed by atoms with Gasteiger partial charge in [0.05, 0.1) is 17.6 Å². The van der Waals surface area contributed by atoms with Crippen LogP contribution >= 0.6 is 0 Å². The Balaban J connectivity index is 2.14. The molecule has 8 heteroatoms. The average Bonchev–Trinajstić information content (AvgIpc) is 2.99. The fourth-order valence-corrected chi connectivity index (χ4v) is 2.49. The summed E-state index contributed by atoms with van der Waals surface area (Å²) in [5, 5.41) is 19.2. The van der Waals surface area contributed by atoms with E-state index in [2.05, 4.69) is 15.9 Å². The number of hydrogen-bond donors (Lipinski definition) is 3. The molecule has 0 bridgehead atoms. The van der Waals surface area contributed by atoms with Gasteiger partial charge in [-0.25, -0.2) is 14.4 Å². The van der Waals surface area contributed by atoms with E-state index >= 15 is 0 Å². The van der Waals surface area contributed by atoms with Crippen molar-refractivity contribution >= 4 is 16.9 Å². The van der Waals surface area contributed by atoms with Gasteiger partial charge >= 0.3 is 0 Å². The van der Waals surface area contributed by atoms with Crippen molar-refractivity contribution in [1.82, 2.24) is 14.5 Å². The van der Waals surface area contributed by atoms with Gasteiger partial charge in [-0.3, -0.25) is 0 Å². The number of halogens is 1. The van der Waals surface area contributed by atoms with Crippen LogP contribution in [0.4, 0.5) is 10.2 Å². The second kappa shape index (κ2) is 4.96. The predicted molar refractivity (Wildman–Crippen MR) is 71.8 cm³/mol. The van der Waals surface area contributed by atoms with Crippen LogP contribution in [0, 0.1) is 12.3 Å². The number of hydrogen-bond acceptors (Lipinski definition) is 6. The quantitative estimate of drug-likeness (QED) is 0.649. The Morgan fingerprint density at radius 2 is 2.29 bits per heavy atom. The summed E-state index contributed by atoms with van der Waals surface area (Å²) in [5.41, 5.74) is 6.49. The third-order valence-electron chi connectivity index (χ3n) is 3.54. The van der Waals surface area contributed by atoms with E-state index in [0.717, 1.165) is 0 Å². The molecule has 110 valence electrons. The number of ether oxygens (including phenoxy) is 1. The van der Waals surface area contributed by atoms with Crippen molar-refractivity contribution in [3.05, 3.63) is 18.1 Å². The van der Waals surface area contributed by atoms with Crippen molar-refractivity contribution in [2.75, 3.05) is 12.3 Å². The third-order valence-corrected chi connectivity index (χ3v) is 3.54. The molecule has 2 aromatic heterocycles. The highest BCUT2D eigenvalue weighted by Gasteiger charge is 2.45. The number of anilines is 1. The molecule has 21 heavy (non-hydrogen) atoms. The zero-order valence-corrected chi connectivity index (χ0v) is 10.8. The molecule has 0 aromatic carbocycles. The Morgan fingerprint density at radius 1 is 1.52 bits per heavy atom. The Kier molecular flexibility index (Phi) is 3.25. The first-order chi connectivity index (χ1) is 10.1. The molecule has 1 aliphatic rings. The van der Waals surface area contributed by atoms with Gasteiger partial charge in [-0.05, 0) is 0 Å². The molecule has 0 unspecified atom stereocenters. The number of aliphatic hydroxyl groups excluding tert-OH is 2. The molecule has 0 saturated carbocycles. The van der Waals surface area contributed by atoms with Gasteiger partial charge in [-0.2, -0.15) is 0 Å². The van der Waals surface area contributed by atoms with E-state index in [1.807, 2.05) is 0 Å². The topological polar surface area (TPSA) is 106 Å². The van der Waals surface area contributed by atoms with E-state index < -0.39 is 31.2 Å². The van der Waals surface area contributed by atoms with E-state index in [1.54, 1.807) is 0 Å². The van der Waals surface area contributed by atoms with Gasteiger partial charge in [0, 0.05) is 6.20 Å². The summed E-state index contributed by atoms with van der Waals surface area (Å²) in [6, 6.07) is 0. The molecule has 0 spiro atoms. The van der Waals surface area contributed by atoms with Crippen molar-refractivity contribution in [2.24, 2.45) is 0 Å². The van der Waals surface area contributed by atoms with Crippen LogP contribution in [0.1, 0.15) is 11.8 Å². The van der Waals surface area contributed by atoms with Crippen LogP contribution in [0.15, 0.2) is 12.5 Å². The van der Waals surface area contributed by atoms with Gasteiger partial charge in [-0.1, -0.05) is 5.92 Å². The molecule has 4 N–H and O–H groups in total. The minimum absolute atomic E-state index is 0.180. The minimum atomic E-state index is -1.72. The molecule has 0 radical (unpaired) electrons. The number of terminal acetylenes is 1. The Bertz CT molecular complexity index is 726. The zero-order valence-electron chi connectivity index (χ0n) is 10.8. The van der Waals surface area contributed by atoms with Crippen LogP contribution in [0.3, 0.4) is 0 Å². The zero-order chi connectivity index (χ0) is 15.1. The molecule has 2 aromatic rings. The number of nitrogens with two attached hydrogens (primary N) is 1. The van der Waals surface area contributed by atoms with Gasteiger partial charge in [0.15, 0.2) is 12.4 Å². The van der Waals surface area contributed by atoms with E-state index in [4.69, 9.17) is 22.0 Å². The number of alkyl halides is 1. The Morgan fingerprint density at radius 3 is 2.90 bits per heavy atom. The fourth-order valence-electron chi connectivity index (χ4n) is 2.49. The number of fused-ring (bicyclic) bond motifs is 1. The number of aliphatic hydroxyl groups is 2. The maximum Gasteiger partial charge on any atom is 0.173 e. The summed E-state index contributed by atoms with van der Waals surface area (Å²) in [7, 11) is 0. The smallest absolute Gasteiger partial charge is 0.173 e. The maximum absolute atomic E-state index is 14.2. The lowest BCUT2D eigenvalue weighted by Gasteiger charge is -2.15. The van der Waals surface area contributed by atoms with Crippen molar-refractivity contribution in [1.29, 1.82) is 0 Å². The molecule has 1 saturated heterocycles. The Hall–Kier alpha value is -2.21. The summed E-state index contributed by atoms with van der Waals surface area (Å²) in [5.74, 6) is 2.62. The van der Waals surface area contributed by atoms with E-state index in [1.165, 1.54) is 17.1 Å². The van der Waals surface area contributed by atoms with Gasteiger partial charge in [-0.15, -0.1) is 6.42 Å². The number of aromatic nitrogens is 3. The first kappa shape index (κ1) is 13.8. The van der Waals surface area contributed by atoms with E-state index in [9.17, 15) is 9.50 Å². The second-order valence-electron chi connectivity index (χ2n) is 4.73. The molecular formula is C13H13FN4O3. The van der Waals surface area contributed by atoms with Crippen LogP contribution < -0.4 is 5.73 Å². The molecule has 1 fully saturated rings. The van der Waals surface area contributed by atoms with Crippen LogP contribution in [0.2, 0.25) is 0 Å². The molecule has 3 rings (SSSR count). The summed E-state index contributed by atoms with van der Waals surface area (Å²) in [6.07, 6.45) is 2.82. The van der Waals surface area contributed by atoms with Crippen LogP contribution in [0.5, 0.6) is 0 Å². The molecule has 4 atom stereocenters. The minimum Gasteiger partial charge on any atom is -0.394 e. The molecular weight excluding hydrogens is 279 g/mol. The van der Waals surface area contributed by atoms with Crippen LogP contribution in [-0.4, -0.2) is 49.7 Å². The lowest BCUT2D eigenvalue weighted by atomic mass is 10.1. The van der Waals surface area contributed by atoms with E-state index in [0.29, 0.717) is 16.6 Å². The summed E-state index contributed by atoms with van der Waals surface area (Å²) in [4.78, 5) is 7.91. The Labute approximate surface area is 119 Å². The lowest BCUT2D eigenvalue weighted by molar-refractivity contribution is -0.0457. The van der Waals surface area contributed by atoms with Crippen molar-refractivity contribution in [3.63, 3.8) is 0 Å². The normalized spacial score (nSPS) is 28.9. The van der Waals surface area contributed by atoms with Crippen LogP contribution in [-0.2, 0) is 4.74 Å². The highest BCUT2D eigenvalue weighted by Crippen LogP contribution is 2.35. The monoisotopic (exact) mass is 292 g/mol. The van der Waals surface area contributed by atoms with Crippen molar-refractivity contribution in [2.45, 2.75) is 24.6 Å². The average molecular weight is 292 g/mol. The van der Waals surface area contributed by atoms with Gasteiger partial charge in [0.2, 0.25) is 0 Å². The highest BCUT2D eigenvalue weighted by atomic mass is 19.1. The van der Waals surface area contributed by atoms with Gasteiger partial charge < -0.3 is 25.3 Å². The van der Waals surface area contributed by atoms with Crippen molar-refractivity contribution < 1.29 is 19.3 Å². The molecule has 0 aliphatic carbocycles. The number of nitrogens with zero attached hydrogens (tertiary/aromatic N) is 3. The molecule has 0 amide bonds. The van der Waals surface area contributed by atoms with Gasteiger partial charge in [0.25, 0.3) is 0 Å². The SMILES string of the molecule is C#Cc1cn([C@@H]2O[C@H](CO)[C@@H](O)[C@@H]2F)c2ncnc(N)c12. The largest absolute Gasteiger partial charge is 0.394 e. The highest BCUT2D eigenvalue weighted by molar-refractivity contribution is 5.92. The second-order valence-corrected chi connectivity index (χ2v) is 4.73. The first-order valence-corrected chi connectivity index (χ1v) is 6.24. The first-order valence-electron chi connectivity index (χ1n) is 6.24. The summed E-state index contributed by atoms with van der Waals surface area (Å²) < 4.78 is 20.9. The van der Waals surface area contributed by atoms with Gasteiger partial charge in [0.1, 0.15) is 30.0 Å². The van der Waals surface area contributed by atoms with Crippen LogP contribution in [0.25, 0.3) is 11.0 Å². The van der Waals surface area contributed by atoms with E-state index in [-0.39, 0.29) is 5.82 Å². The number of nitrogen functional groups attached to an aromatic ring is 1. The summed E-state index contributed by atoms with van der Waals surface area (Å²) in [6.45, 7) is -0.490. The molecule has 1 aliphatic heterocycles. The molecule has 3 heterocycles. The fraction of sp³-hybridized carbons (Fsp3) is 0.385. The standard InChI is InChI=1S/C13H13FN4O3/c1-2-6-3-18(12-8(6)11(15)16-5-17-12)13-9(14)10(20)7(4-19)21-13/h1,3,5,7,9-10,13,19-20H,4H2,(H2,15,16,17)/t7-,9+,10-,13-/m1/s1.